The van der Waals surface area contributed by atoms with Crippen molar-refractivity contribution in [2.24, 2.45) is 0 Å². The summed E-state index contributed by atoms with van der Waals surface area (Å²) in [5.41, 5.74) is 0.622. The summed E-state index contributed by atoms with van der Waals surface area (Å²) in [4.78, 5) is 47.1. The molecule has 0 spiro atoms. The molecule has 2 aliphatic heterocycles. The highest BCUT2D eigenvalue weighted by Crippen LogP contribution is 2.34. The number of carbonyl (C=O) groups excluding carboxylic acids is 3. The fraction of sp³-hybridized carbons (Fsp3) is 0.259. The van der Waals surface area contributed by atoms with E-state index in [9.17, 15) is 32.7 Å². The summed E-state index contributed by atoms with van der Waals surface area (Å²) in [6.07, 6.45) is -3.84. The topological polar surface area (TPSA) is 94.1 Å². The number of piperazine rings is 1. The molecule has 202 valence electrons. The van der Waals surface area contributed by atoms with Crippen molar-refractivity contribution in [2.75, 3.05) is 31.1 Å². The van der Waals surface area contributed by atoms with E-state index >= 15 is 0 Å². The highest BCUT2D eigenvalue weighted by molar-refractivity contribution is 6.33. The Morgan fingerprint density at radius 3 is 2.21 bits per heavy atom. The lowest BCUT2D eigenvalue weighted by Crippen LogP contribution is -2.49. The Morgan fingerprint density at radius 1 is 1.03 bits per heavy atom. The molecule has 12 heteroatoms. The number of alkyl halides is 3. The predicted molar refractivity (Wildman–Crippen MR) is 136 cm³/mol. The number of imide groups is 1. The van der Waals surface area contributed by atoms with Crippen LogP contribution >= 0.6 is 11.6 Å². The smallest absolute Gasteiger partial charge is 0.417 e. The monoisotopic (exact) mass is 558 g/mol. The van der Waals surface area contributed by atoms with Gasteiger partial charge in [-0.2, -0.15) is 13.2 Å². The summed E-state index contributed by atoms with van der Waals surface area (Å²) >= 11 is 6.07. The van der Waals surface area contributed by atoms with Crippen LogP contribution in [-0.4, -0.2) is 63.8 Å². The van der Waals surface area contributed by atoms with Gasteiger partial charge in [0.2, 0.25) is 0 Å². The summed E-state index contributed by atoms with van der Waals surface area (Å²) in [6, 6.07) is 10.4. The van der Waals surface area contributed by atoms with Crippen LogP contribution in [0, 0.1) is 6.92 Å². The molecule has 5 rings (SSSR count). The van der Waals surface area contributed by atoms with Crippen LogP contribution in [0.2, 0.25) is 5.02 Å². The lowest BCUT2D eigenvalue weighted by Gasteiger charge is -2.36. The first kappa shape index (κ1) is 26.5. The number of aryl methyl sites for hydroxylation is 1. The van der Waals surface area contributed by atoms with Crippen molar-refractivity contribution in [3.05, 3.63) is 87.1 Å². The van der Waals surface area contributed by atoms with Crippen molar-refractivity contribution < 1.29 is 32.7 Å². The molecule has 0 saturated carbocycles. The van der Waals surface area contributed by atoms with Crippen molar-refractivity contribution >= 4 is 35.1 Å². The minimum absolute atomic E-state index is 0.0285. The third-order valence-electron chi connectivity index (χ3n) is 6.83. The van der Waals surface area contributed by atoms with Gasteiger partial charge in [0.25, 0.3) is 17.7 Å². The van der Waals surface area contributed by atoms with Gasteiger partial charge in [-0.3, -0.25) is 19.3 Å². The van der Waals surface area contributed by atoms with Crippen molar-refractivity contribution in [2.45, 2.75) is 19.6 Å². The normalized spacial score (nSPS) is 15.7. The molecule has 2 aromatic carbocycles. The number of benzene rings is 2. The van der Waals surface area contributed by atoms with Crippen LogP contribution in [-0.2, 0) is 12.7 Å². The van der Waals surface area contributed by atoms with Crippen molar-refractivity contribution in [3.63, 3.8) is 0 Å². The SMILES string of the molecule is Cc1cc(CN2C(=O)c3ccccc3C2=O)cc(C(=O)N2CCN(c3ncc(C(F)(F)F)cc3Cl)CC2)c1O. The first-order valence-electron chi connectivity index (χ1n) is 12.0. The number of anilines is 1. The zero-order chi connectivity index (χ0) is 28.1. The van der Waals surface area contributed by atoms with Gasteiger partial charge in [0.15, 0.2) is 0 Å². The Hall–Kier alpha value is -4.12. The van der Waals surface area contributed by atoms with Gasteiger partial charge in [0.05, 0.1) is 33.8 Å². The molecule has 1 fully saturated rings. The summed E-state index contributed by atoms with van der Waals surface area (Å²) in [6.45, 7) is 2.49. The molecule has 2 aliphatic rings. The van der Waals surface area contributed by atoms with Gasteiger partial charge in [0.1, 0.15) is 11.6 Å². The second kappa shape index (κ2) is 9.88. The molecule has 0 radical (unpaired) electrons. The number of phenolic OH excluding ortho intramolecular Hbond substituents is 1. The van der Waals surface area contributed by atoms with E-state index in [4.69, 9.17) is 11.6 Å². The quantitative estimate of drug-likeness (QED) is 0.473. The van der Waals surface area contributed by atoms with Crippen molar-refractivity contribution in [3.8, 4) is 5.75 Å². The number of aromatic nitrogens is 1. The van der Waals surface area contributed by atoms with Gasteiger partial charge in [-0.05, 0) is 42.3 Å². The fourth-order valence-electron chi connectivity index (χ4n) is 4.78. The maximum atomic E-state index is 13.4. The first-order chi connectivity index (χ1) is 18.5. The average Bonchev–Trinajstić information content (AvgIpc) is 3.14. The van der Waals surface area contributed by atoms with Crippen LogP contribution < -0.4 is 4.90 Å². The fourth-order valence-corrected chi connectivity index (χ4v) is 5.07. The predicted octanol–water partition coefficient (Wildman–Crippen LogP) is 4.53. The number of fused-ring (bicyclic) bond motifs is 1. The minimum atomic E-state index is -4.56. The van der Waals surface area contributed by atoms with E-state index in [1.807, 2.05) is 0 Å². The van der Waals surface area contributed by atoms with E-state index in [1.165, 1.54) is 11.0 Å². The zero-order valence-electron chi connectivity index (χ0n) is 20.6. The third-order valence-corrected chi connectivity index (χ3v) is 7.10. The molecule has 0 aliphatic carbocycles. The van der Waals surface area contributed by atoms with Gasteiger partial charge in [-0.15, -0.1) is 0 Å². The van der Waals surface area contributed by atoms with Crippen LogP contribution in [0.4, 0.5) is 19.0 Å². The Kier molecular flexibility index (Phi) is 6.71. The highest BCUT2D eigenvalue weighted by Gasteiger charge is 2.36. The van der Waals surface area contributed by atoms with Crippen molar-refractivity contribution in [1.82, 2.24) is 14.8 Å². The molecule has 8 nitrogen and oxygen atoms in total. The molecule has 39 heavy (non-hydrogen) atoms. The molecule has 1 N–H and O–H groups in total. The van der Waals surface area contributed by atoms with E-state index < -0.39 is 29.5 Å². The number of hydrogen-bond donors (Lipinski definition) is 1. The average molecular weight is 559 g/mol. The second-order valence-corrected chi connectivity index (χ2v) is 9.76. The van der Waals surface area contributed by atoms with E-state index in [0.29, 0.717) is 22.3 Å². The lowest BCUT2D eigenvalue weighted by atomic mass is 10.0. The van der Waals surface area contributed by atoms with Gasteiger partial charge in [0, 0.05) is 32.4 Å². The summed E-state index contributed by atoms with van der Waals surface area (Å²) < 4.78 is 38.8. The van der Waals surface area contributed by atoms with E-state index in [0.717, 1.165) is 17.2 Å². The van der Waals surface area contributed by atoms with Crippen LogP contribution in [0.1, 0.15) is 47.8 Å². The number of pyridine rings is 1. The molecule has 1 saturated heterocycles. The van der Waals surface area contributed by atoms with Crippen LogP contribution in [0.25, 0.3) is 0 Å². The Bertz CT molecular complexity index is 1470. The zero-order valence-corrected chi connectivity index (χ0v) is 21.4. The number of carbonyl (C=O) groups is 3. The molecule has 3 heterocycles. The third kappa shape index (κ3) is 4.89. The molecule has 3 amide bonds. The number of rotatable bonds is 4. The number of nitrogens with zero attached hydrogens (tertiary/aromatic N) is 4. The molecule has 3 aromatic rings. The first-order valence-corrected chi connectivity index (χ1v) is 12.4. The van der Waals surface area contributed by atoms with E-state index in [-0.39, 0.29) is 54.9 Å². The maximum absolute atomic E-state index is 13.4. The molecule has 1 aromatic heterocycles. The number of hydrogen-bond acceptors (Lipinski definition) is 6. The van der Waals surface area contributed by atoms with Gasteiger partial charge < -0.3 is 14.9 Å². The second-order valence-electron chi connectivity index (χ2n) is 9.36. The van der Waals surface area contributed by atoms with Crippen molar-refractivity contribution in [1.29, 1.82) is 0 Å². The minimum Gasteiger partial charge on any atom is -0.507 e. The number of amides is 3. The Morgan fingerprint density at radius 2 is 1.64 bits per heavy atom. The van der Waals surface area contributed by atoms with Gasteiger partial charge in [-0.25, -0.2) is 4.98 Å². The Labute approximate surface area is 226 Å². The molecule has 0 bridgehead atoms. The number of aromatic hydroxyl groups is 1. The highest BCUT2D eigenvalue weighted by atomic mass is 35.5. The lowest BCUT2D eigenvalue weighted by molar-refractivity contribution is -0.137. The van der Waals surface area contributed by atoms with Crippen LogP contribution in [0.15, 0.2) is 48.7 Å². The Balaban J connectivity index is 1.30. The molecule has 0 atom stereocenters. The van der Waals surface area contributed by atoms with E-state index in [1.54, 1.807) is 42.2 Å². The summed E-state index contributed by atoms with van der Waals surface area (Å²) in [7, 11) is 0. The standard InChI is InChI=1S/C27H22ClF3N4O4/c1-15-10-16(14-35-25(38)18-4-2-3-5-19(18)26(35)39)11-20(22(15)36)24(37)34-8-6-33(7-9-34)23-21(28)12-17(13-32-23)27(29,30)31/h2-5,10-13,36H,6-9,14H2,1H3. The maximum Gasteiger partial charge on any atom is 0.417 e. The molecular weight excluding hydrogens is 537 g/mol. The summed E-state index contributed by atoms with van der Waals surface area (Å²) in [5, 5.41) is 10.5. The number of halogens is 4. The molecule has 0 unspecified atom stereocenters. The van der Waals surface area contributed by atoms with Crippen LogP contribution in [0.5, 0.6) is 5.75 Å². The largest absolute Gasteiger partial charge is 0.507 e. The van der Waals surface area contributed by atoms with Gasteiger partial charge >= 0.3 is 6.18 Å². The van der Waals surface area contributed by atoms with Crippen LogP contribution in [0.3, 0.4) is 0 Å². The van der Waals surface area contributed by atoms with Gasteiger partial charge in [-0.1, -0.05) is 29.8 Å². The molecular formula is C27H22ClF3N4O4. The summed E-state index contributed by atoms with van der Waals surface area (Å²) in [5.74, 6) is -1.33. The number of phenols is 1. The van der Waals surface area contributed by atoms with E-state index in [2.05, 4.69) is 4.98 Å².